The Morgan fingerprint density at radius 1 is 0.267 bits per heavy atom. The standard InChI is InChI=1S/C72H46N2O/c1-2-17-47(18-3-1)66-46-52(65-45-51-20-5-6-21-55(51)59-24-8-9-25-60(59)65)38-44-70(66)73(54-41-35-50(36-42-54)58-28-16-29-63-64-43-37-48-19-4-7-23-57(48)72(64)75-71(58)63)53-39-33-49(34-40-53)56-22-10-13-30-67(56)74-68-31-14-11-26-61(68)62-27-12-15-32-69(62)74/h1-46H. The first kappa shape index (κ1) is 42.7. The maximum absolute atomic E-state index is 6.84. The molecule has 350 valence electrons. The number of hydrogen-bond acceptors (Lipinski definition) is 2. The quantitative estimate of drug-likeness (QED) is 0.142. The van der Waals surface area contributed by atoms with Crippen molar-refractivity contribution in [3.8, 4) is 50.2 Å². The number of aromatic nitrogens is 1. The zero-order chi connectivity index (χ0) is 49.4. The number of para-hydroxylation sites is 4. The molecule has 0 spiro atoms. The Morgan fingerprint density at radius 3 is 1.52 bits per heavy atom. The maximum atomic E-state index is 6.84. The van der Waals surface area contributed by atoms with Crippen LogP contribution in [0.5, 0.6) is 0 Å². The van der Waals surface area contributed by atoms with Gasteiger partial charge in [0, 0.05) is 55.0 Å². The van der Waals surface area contributed by atoms with Crippen LogP contribution in [-0.4, -0.2) is 4.57 Å². The fraction of sp³-hybridized carbons (Fsp3) is 0. The molecular formula is C72H46N2O. The molecular weight excluding hydrogens is 909 g/mol. The molecule has 75 heavy (non-hydrogen) atoms. The van der Waals surface area contributed by atoms with Gasteiger partial charge in [0.2, 0.25) is 0 Å². The third kappa shape index (κ3) is 6.97. The van der Waals surface area contributed by atoms with Gasteiger partial charge in [-0.25, -0.2) is 0 Å². The lowest BCUT2D eigenvalue weighted by Crippen LogP contribution is -2.11. The Bertz CT molecular complexity index is 4640. The van der Waals surface area contributed by atoms with Crippen molar-refractivity contribution in [2.45, 2.75) is 0 Å². The number of benzene rings is 13. The molecule has 0 aliphatic rings. The van der Waals surface area contributed by atoms with Crippen LogP contribution in [0, 0.1) is 0 Å². The van der Waals surface area contributed by atoms with Crippen LogP contribution in [0.4, 0.5) is 17.1 Å². The van der Waals surface area contributed by atoms with Gasteiger partial charge in [-0.1, -0.05) is 212 Å². The number of furan rings is 1. The van der Waals surface area contributed by atoms with Crippen LogP contribution in [0.25, 0.3) is 126 Å². The first-order valence-corrected chi connectivity index (χ1v) is 25.7. The van der Waals surface area contributed by atoms with Crippen molar-refractivity contribution in [2.24, 2.45) is 0 Å². The average Bonchev–Trinajstić information content (AvgIpc) is 4.07. The molecule has 0 bridgehead atoms. The van der Waals surface area contributed by atoms with Crippen LogP contribution in [0.3, 0.4) is 0 Å². The fourth-order valence-electron chi connectivity index (χ4n) is 11.9. The maximum Gasteiger partial charge on any atom is 0.143 e. The topological polar surface area (TPSA) is 21.3 Å². The van der Waals surface area contributed by atoms with Crippen molar-refractivity contribution in [1.29, 1.82) is 0 Å². The van der Waals surface area contributed by atoms with E-state index >= 15 is 0 Å². The van der Waals surface area contributed by atoms with E-state index in [1.54, 1.807) is 0 Å². The van der Waals surface area contributed by atoms with Gasteiger partial charge in [0.05, 0.1) is 22.4 Å². The van der Waals surface area contributed by atoms with Crippen molar-refractivity contribution in [3.05, 3.63) is 279 Å². The number of fused-ring (bicyclic) bond motifs is 11. The summed E-state index contributed by atoms with van der Waals surface area (Å²) in [5.74, 6) is 0. The molecule has 0 fully saturated rings. The van der Waals surface area contributed by atoms with Crippen molar-refractivity contribution < 1.29 is 4.42 Å². The van der Waals surface area contributed by atoms with E-state index in [9.17, 15) is 0 Å². The van der Waals surface area contributed by atoms with Crippen LogP contribution in [0.2, 0.25) is 0 Å². The Hall–Kier alpha value is -9.96. The SMILES string of the molecule is c1ccc(-c2cc(-c3cc4ccccc4c4ccccc34)ccc2N(c2ccc(-c3ccccc3-n3c4ccccc4c4ccccc43)cc2)c2ccc(-c3cccc4c3oc3c5ccccc5ccc43)cc2)cc1. The summed E-state index contributed by atoms with van der Waals surface area (Å²) in [5, 5.41) is 12.0. The molecule has 0 aliphatic heterocycles. The van der Waals surface area contributed by atoms with Gasteiger partial charge in [-0.2, -0.15) is 0 Å². The molecule has 0 atom stereocenters. The lowest BCUT2D eigenvalue weighted by atomic mass is 9.91. The zero-order valence-electron chi connectivity index (χ0n) is 40.9. The molecule has 0 N–H and O–H groups in total. The summed E-state index contributed by atoms with van der Waals surface area (Å²) in [4.78, 5) is 2.42. The van der Waals surface area contributed by atoms with E-state index in [0.717, 1.165) is 83.5 Å². The summed E-state index contributed by atoms with van der Waals surface area (Å²) >= 11 is 0. The van der Waals surface area contributed by atoms with E-state index in [4.69, 9.17) is 4.42 Å². The summed E-state index contributed by atoms with van der Waals surface area (Å²) in [6.07, 6.45) is 0. The molecule has 3 heteroatoms. The van der Waals surface area contributed by atoms with Crippen molar-refractivity contribution in [2.75, 3.05) is 4.90 Å². The molecule has 0 aliphatic carbocycles. The van der Waals surface area contributed by atoms with Crippen molar-refractivity contribution in [1.82, 2.24) is 4.57 Å². The second-order valence-electron chi connectivity index (χ2n) is 19.6. The summed E-state index contributed by atoms with van der Waals surface area (Å²) in [6.45, 7) is 0. The summed E-state index contributed by atoms with van der Waals surface area (Å²) in [5.41, 5.74) is 17.6. The fourth-order valence-corrected chi connectivity index (χ4v) is 11.9. The first-order chi connectivity index (χ1) is 37.2. The molecule has 0 radical (unpaired) electrons. The van der Waals surface area contributed by atoms with E-state index in [1.807, 2.05) is 0 Å². The van der Waals surface area contributed by atoms with Gasteiger partial charge in [0.25, 0.3) is 0 Å². The van der Waals surface area contributed by atoms with Crippen LogP contribution in [0.15, 0.2) is 283 Å². The summed E-state index contributed by atoms with van der Waals surface area (Å²) < 4.78 is 9.26. The van der Waals surface area contributed by atoms with Crippen molar-refractivity contribution in [3.63, 3.8) is 0 Å². The van der Waals surface area contributed by atoms with Crippen LogP contribution in [0.1, 0.15) is 0 Å². The van der Waals surface area contributed by atoms with Crippen LogP contribution < -0.4 is 4.90 Å². The van der Waals surface area contributed by atoms with E-state index in [2.05, 4.69) is 289 Å². The minimum absolute atomic E-state index is 0.897. The average molecular weight is 955 g/mol. The van der Waals surface area contributed by atoms with Crippen LogP contribution >= 0.6 is 0 Å². The minimum atomic E-state index is 0.897. The minimum Gasteiger partial charge on any atom is -0.455 e. The largest absolute Gasteiger partial charge is 0.455 e. The second kappa shape index (κ2) is 17.4. The van der Waals surface area contributed by atoms with E-state index in [1.165, 1.54) is 59.9 Å². The van der Waals surface area contributed by atoms with Gasteiger partial charge in [-0.3, -0.25) is 0 Å². The summed E-state index contributed by atoms with van der Waals surface area (Å²) in [6, 6.07) is 102. The zero-order valence-corrected chi connectivity index (χ0v) is 40.9. The molecule has 15 rings (SSSR count). The Labute approximate surface area is 434 Å². The predicted molar refractivity (Wildman–Crippen MR) is 317 cm³/mol. The molecule has 0 saturated heterocycles. The number of nitrogens with zero attached hydrogens (tertiary/aromatic N) is 2. The lowest BCUT2D eigenvalue weighted by Gasteiger charge is -2.29. The normalized spacial score (nSPS) is 11.7. The molecule has 13 aromatic carbocycles. The first-order valence-electron chi connectivity index (χ1n) is 25.7. The summed E-state index contributed by atoms with van der Waals surface area (Å²) in [7, 11) is 0. The van der Waals surface area contributed by atoms with Gasteiger partial charge < -0.3 is 13.9 Å². The highest BCUT2D eigenvalue weighted by atomic mass is 16.3. The highest BCUT2D eigenvalue weighted by Gasteiger charge is 2.22. The molecule has 2 aromatic heterocycles. The second-order valence-corrected chi connectivity index (χ2v) is 19.6. The molecule has 0 saturated carbocycles. The lowest BCUT2D eigenvalue weighted by molar-refractivity contribution is 0.674. The Balaban J connectivity index is 0.905. The highest BCUT2D eigenvalue weighted by molar-refractivity contribution is 6.18. The Morgan fingerprint density at radius 2 is 0.787 bits per heavy atom. The van der Waals surface area contributed by atoms with Crippen LogP contribution in [-0.2, 0) is 0 Å². The van der Waals surface area contributed by atoms with E-state index in [0.29, 0.717) is 0 Å². The third-order valence-electron chi connectivity index (χ3n) is 15.4. The van der Waals surface area contributed by atoms with Crippen molar-refractivity contribution >= 4 is 93.1 Å². The van der Waals surface area contributed by atoms with E-state index in [-0.39, 0.29) is 0 Å². The number of anilines is 3. The number of rotatable bonds is 8. The molecule has 15 aromatic rings. The molecule has 2 heterocycles. The third-order valence-corrected chi connectivity index (χ3v) is 15.4. The molecule has 0 amide bonds. The highest BCUT2D eigenvalue weighted by Crippen LogP contribution is 2.47. The molecule has 0 unspecified atom stereocenters. The smallest absolute Gasteiger partial charge is 0.143 e. The van der Waals surface area contributed by atoms with E-state index < -0.39 is 0 Å². The molecule has 3 nitrogen and oxygen atoms in total. The van der Waals surface area contributed by atoms with Gasteiger partial charge in [0.1, 0.15) is 11.2 Å². The Kier molecular flexibility index (Phi) is 9.89. The predicted octanol–water partition coefficient (Wildman–Crippen LogP) is 20.3. The van der Waals surface area contributed by atoms with Gasteiger partial charge in [-0.15, -0.1) is 0 Å². The monoisotopic (exact) mass is 954 g/mol. The number of hydrogen-bond donors (Lipinski definition) is 0. The van der Waals surface area contributed by atoms with Gasteiger partial charge >= 0.3 is 0 Å². The van der Waals surface area contributed by atoms with Gasteiger partial charge in [-0.05, 0) is 121 Å². The van der Waals surface area contributed by atoms with Gasteiger partial charge in [0.15, 0.2) is 0 Å².